The molecule has 3 heterocycles. The Bertz CT molecular complexity index is 638. The van der Waals surface area contributed by atoms with Gasteiger partial charge in [0.15, 0.2) is 0 Å². The number of aromatic nitrogens is 4. The minimum Gasteiger partial charge on any atom is -0.347 e. The van der Waals surface area contributed by atoms with Crippen molar-refractivity contribution in [2.24, 2.45) is 0 Å². The van der Waals surface area contributed by atoms with Gasteiger partial charge in [0.1, 0.15) is 17.2 Å². The molecule has 3 aromatic heterocycles. The molecule has 0 aliphatic heterocycles. The number of carbonyl (C=O) groups excluding carboxylic acids is 1. The number of aromatic amines is 1. The number of pyridine rings is 1. The highest BCUT2D eigenvalue weighted by Crippen LogP contribution is 2.04. The van der Waals surface area contributed by atoms with Crippen molar-refractivity contribution < 1.29 is 4.79 Å². The van der Waals surface area contributed by atoms with Crippen molar-refractivity contribution in [2.45, 2.75) is 6.54 Å². The lowest BCUT2D eigenvalue weighted by Gasteiger charge is -1.99. The van der Waals surface area contributed by atoms with Crippen LogP contribution in [-0.4, -0.2) is 25.3 Å². The van der Waals surface area contributed by atoms with Crippen LogP contribution in [0.5, 0.6) is 0 Å². The number of rotatable bonds is 3. The van der Waals surface area contributed by atoms with Crippen molar-refractivity contribution in [1.82, 2.24) is 24.7 Å². The van der Waals surface area contributed by atoms with Gasteiger partial charge in [-0.3, -0.25) is 4.79 Å². The molecule has 2 N–H and O–H groups in total. The number of hydrogen-bond acceptors (Lipinski definition) is 3. The third kappa shape index (κ3) is 1.95. The van der Waals surface area contributed by atoms with Crippen LogP contribution in [0.3, 0.4) is 0 Å². The van der Waals surface area contributed by atoms with Gasteiger partial charge in [-0.15, -0.1) is 0 Å². The molecule has 0 spiro atoms. The Hall–Kier alpha value is -2.63. The number of nitrogens with one attached hydrogen (secondary N) is 2. The van der Waals surface area contributed by atoms with E-state index in [0.717, 1.165) is 5.65 Å². The minimum absolute atomic E-state index is 0.213. The number of hydrogen-bond donors (Lipinski definition) is 2. The Balaban J connectivity index is 1.75. The first-order chi connectivity index (χ1) is 8.83. The van der Waals surface area contributed by atoms with Crippen molar-refractivity contribution >= 4 is 11.6 Å². The van der Waals surface area contributed by atoms with E-state index in [9.17, 15) is 4.79 Å². The Kier molecular flexibility index (Phi) is 2.53. The minimum atomic E-state index is -0.213. The average Bonchev–Trinajstić information content (AvgIpc) is 3.04. The van der Waals surface area contributed by atoms with Crippen LogP contribution < -0.4 is 5.32 Å². The molecule has 1 amide bonds. The third-order valence-electron chi connectivity index (χ3n) is 2.57. The molecule has 6 nitrogen and oxygen atoms in total. The summed E-state index contributed by atoms with van der Waals surface area (Å²) in [6.07, 6.45) is 6.91. The predicted molar refractivity (Wildman–Crippen MR) is 64.9 cm³/mol. The lowest BCUT2D eigenvalue weighted by atomic mass is 10.4. The summed E-state index contributed by atoms with van der Waals surface area (Å²) in [4.78, 5) is 23.1. The molecule has 0 saturated carbocycles. The number of imidazole rings is 2. The second-order valence-corrected chi connectivity index (χ2v) is 3.81. The highest BCUT2D eigenvalue weighted by atomic mass is 16.1. The molecule has 0 unspecified atom stereocenters. The van der Waals surface area contributed by atoms with Crippen LogP contribution >= 0.6 is 0 Å². The van der Waals surface area contributed by atoms with E-state index in [4.69, 9.17) is 0 Å². The molecule has 0 radical (unpaired) electrons. The average molecular weight is 241 g/mol. The molecular formula is C12H11N5O. The van der Waals surface area contributed by atoms with Crippen LogP contribution in [0.4, 0.5) is 0 Å². The normalized spacial score (nSPS) is 10.7. The van der Waals surface area contributed by atoms with Crippen molar-refractivity contribution in [3.63, 3.8) is 0 Å². The van der Waals surface area contributed by atoms with Crippen LogP contribution in [0.2, 0.25) is 0 Å². The molecule has 3 aromatic rings. The van der Waals surface area contributed by atoms with Crippen molar-refractivity contribution in [1.29, 1.82) is 0 Å². The fourth-order valence-corrected chi connectivity index (χ4v) is 1.69. The van der Waals surface area contributed by atoms with Crippen molar-refractivity contribution in [3.05, 3.63) is 54.5 Å². The van der Waals surface area contributed by atoms with E-state index in [0.29, 0.717) is 18.1 Å². The maximum absolute atomic E-state index is 11.9. The van der Waals surface area contributed by atoms with Gasteiger partial charge in [0.2, 0.25) is 0 Å². The zero-order valence-electron chi connectivity index (χ0n) is 9.50. The van der Waals surface area contributed by atoms with Crippen molar-refractivity contribution in [3.8, 4) is 0 Å². The largest absolute Gasteiger partial charge is 0.347 e. The van der Waals surface area contributed by atoms with Gasteiger partial charge in [-0.1, -0.05) is 6.07 Å². The van der Waals surface area contributed by atoms with Crippen LogP contribution in [-0.2, 0) is 6.54 Å². The van der Waals surface area contributed by atoms with Crippen molar-refractivity contribution in [2.75, 3.05) is 0 Å². The number of H-pyrrole nitrogens is 1. The Morgan fingerprint density at radius 1 is 1.44 bits per heavy atom. The second-order valence-electron chi connectivity index (χ2n) is 3.81. The summed E-state index contributed by atoms with van der Waals surface area (Å²) in [6, 6.07) is 5.62. The SMILES string of the molecule is O=C(NCc1ncc[nH]1)c1cn2ccccc2n1. The van der Waals surface area contributed by atoms with Crippen LogP contribution in [0.1, 0.15) is 16.3 Å². The van der Waals surface area contributed by atoms with Gasteiger partial charge in [0, 0.05) is 24.8 Å². The molecule has 0 fully saturated rings. The molecule has 3 rings (SSSR count). The topological polar surface area (TPSA) is 75.1 Å². The Labute approximate surface area is 103 Å². The lowest BCUT2D eigenvalue weighted by molar-refractivity contribution is 0.0945. The summed E-state index contributed by atoms with van der Waals surface area (Å²) < 4.78 is 1.81. The van der Waals surface area contributed by atoms with Crippen LogP contribution in [0.15, 0.2) is 43.0 Å². The highest BCUT2D eigenvalue weighted by Gasteiger charge is 2.10. The van der Waals surface area contributed by atoms with Gasteiger partial charge in [0.05, 0.1) is 6.54 Å². The Morgan fingerprint density at radius 3 is 3.17 bits per heavy atom. The lowest BCUT2D eigenvalue weighted by Crippen LogP contribution is -2.23. The number of carbonyl (C=O) groups is 1. The summed E-state index contributed by atoms with van der Waals surface area (Å²) in [5, 5.41) is 2.75. The number of fused-ring (bicyclic) bond motifs is 1. The van der Waals surface area contributed by atoms with Gasteiger partial charge in [-0.2, -0.15) is 0 Å². The number of amides is 1. The molecule has 0 atom stereocenters. The zero-order valence-corrected chi connectivity index (χ0v) is 9.50. The molecule has 0 saturated heterocycles. The fourth-order valence-electron chi connectivity index (χ4n) is 1.69. The number of nitrogens with zero attached hydrogens (tertiary/aromatic N) is 3. The molecule has 0 bridgehead atoms. The molecule has 0 aromatic carbocycles. The summed E-state index contributed by atoms with van der Waals surface area (Å²) in [7, 11) is 0. The molecule has 6 heteroatoms. The molecule has 0 aliphatic carbocycles. The maximum atomic E-state index is 11.9. The second kappa shape index (κ2) is 4.33. The van der Waals surface area contributed by atoms with E-state index in [-0.39, 0.29) is 5.91 Å². The van der Waals surface area contributed by atoms with E-state index in [1.54, 1.807) is 18.6 Å². The van der Waals surface area contributed by atoms with Gasteiger partial charge in [0.25, 0.3) is 5.91 Å². The van der Waals surface area contributed by atoms with E-state index in [2.05, 4.69) is 20.3 Å². The van der Waals surface area contributed by atoms with Gasteiger partial charge < -0.3 is 14.7 Å². The van der Waals surface area contributed by atoms with Gasteiger partial charge >= 0.3 is 0 Å². The predicted octanol–water partition coefficient (Wildman–Crippen LogP) is 0.987. The van der Waals surface area contributed by atoms with E-state index >= 15 is 0 Å². The van der Waals surface area contributed by atoms with Gasteiger partial charge in [-0.05, 0) is 12.1 Å². The third-order valence-corrected chi connectivity index (χ3v) is 2.57. The first-order valence-corrected chi connectivity index (χ1v) is 5.53. The molecule has 90 valence electrons. The standard InChI is InChI=1S/C12H11N5O/c18-12(15-7-10-13-4-5-14-10)9-8-17-6-2-1-3-11(17)16-9/h1-6,8H,7H2,(H,13,14)(H,15,18). The van der Waals surface area contributed by atoms with Crippen LogP contribution in [0, 0.1) is 0 Å². The first kappa shape index (κ1) is 10.5. The monoisotopic (exact) mass is 241 g/mol. The van der Waals surface area contributed by atoms with E-state index in [1.807, 2.05) is 28.8 Å². The molecule has 18 heavy (non-hydrogen) atoms. The van der Waals surface area contributed by atoms with E-state index < -0.39 is 0 Å². The maximum Gasteiger partial charge on any atom is 0.271 e. The quantitative estimate of drug-likeness (QED) is 0.718. The summed E-state index contributed by atoms with van der Waals surface area (Å²) in [5.41, 5.74) is 1.15. The first-order valence-electron chi connectivity index (χ1n) is 5.53. The van der Waals surface area contributed by atoms with E-state index in [1.165, 1.54) is 0 Å². The smallest absolute Gasteiger partial charge is 0.271 e. The highest BCUT2D eigenvalue weighted by molar-refractivity contribution is 5.92. The fraction of sp³-hybridized carbons (Fsp3) is 0.0833. The summed E-state index contributed by atoms with van der Waals surface area (Å²) >= 11 is 0. The molecular weight excluding hydrogens is 230 g/mol. The van der Waals surface area contributed by atoms with Crippen LogP contribution in [0.25, 0.3) is 5.65 Å². The van der Waals surface area contributed by atoms with Gasteiger partial charge in [-0.25, -0.2) is 9.97 Å². The Morgan fingerprint density at radius 2 is 2.39 bits per heavy atom. The summed E-state index contributed by atoms with van der Waals surface area (Å²) in [6.45, 7) is 0.361. The zero-order chi connectivity index (χ0) is 12.4. The molecule has 0 aliphatic rings. The summed E-state index contributed by atoms with van der Waals surface area (Å²) in [5.74, 6) is 0.502.